The lowest BCUT2D eigenvalue weighted by Gasteiger charge is -2.37. The third kappa shape index (κ3) is 4.72. The summed E-state index contributed by atoms with van der Waals surface area (Å²) < 4.78 is 5.36. The van der Waals surface area contributed by atoms with E-state index >= 15 is 0 Å². The van der Waals surface area contributed by atoms with E-state index in [0.29, 0.717) is 23.2 Å². The molecule has 1 heterocycles. The molecule has 0 saturated carbocycles. The van der Waals surface area contributed by atoms with Crippen LogP contribution in [0, 0.1) is 5.92 Å². The zero-order chi connectivity index (χ0) is 15.2. The van der Waals surface area contributed by atoms with Crippen LogP contribution in [-0.2, 0) is 4.74 Å². The molecule has 2 atom stereocenters. The van der Waals surface area contributed by atoms with Crippen LogP contribution in [0.1, 0.15) is 43.5 Å². The number of rotatable bonds is 5. The van der Waals surface area contributed by atoms with Crippen molar-refractivity contribution in [3.8, 4) is 0 Å². The Morgan fingerprint density at radius 2 is 2.05 bits per heavy atom. The standard InChI is InChI=1S/C17H24ClNO2/c1-3-14-5-4-13(2)19(12-14)10-11-21-17(20)15-6-8-16(18)9-7-15/h6-9,13-14H,3-5,10-12H2,1-2H3. The molecule has 0 spiro atoms. The fraction of sp³-hybridized carbons (Fsp3) is 0.588. The largest absolute Gasteiger partial charge is 0.461 e. The molecule has 1 aliphatic rings. The van der Waals surface area contributed by atoms with Crippen molar-refractivity contribution in [1.82, 2.24) is 4.90 Å². The number of ether oxygens (including phenoxy) is 1. The molecule has 0 amide bonds. The SMILES string of the molecule is CCC1CCC(C)N(CCOC(=O)c2ccc(Cl)cc2)C1. The van der Waals surface area contributed by atoms with Gasteiger partial charge in [0.15, 0.2) is 0 Å². The van der Waals surface area contributed by atoms with E-state index in [0.717, 1.165) is 19.0 Å². The lowest BCUT2D eigenvalue weighted by molar-refractivity contribution is 0.0376. The molecule has 3 nitrogen and oxygen atoms in total. The Kier molecular flexibility index (Phi) is 6.07. The summed E-state index contributed by atoms with van der Waals surface area (Å²) in [7, 11) is 0. The summed E-state index contributed by atoms with van der Waals surface area (Å²) in [5, 5.41) is 0.624. The monoisotopic (exact) mass is 309 g/mol. The van der Waals surface area contributed by atoms with Gasteiger partial charge in [-0.15, -0.1) is 0 Å². The van der Waals surface area contributed by atoms with Crippen molar-refractivity contribution in [3.05, 3.63) is 34.9 Å². The molecule has 0 radical (unpaired) electrons. The summed E-state index contributed by atoms with van der Waals surface area (Å²) in [5.41, 5.74) is 0.553. The minimum absolute atomic E-state index is 0.275. The highest BCUT2D eigenvalue weighted by atomic mass is 35.5. The third-order valence-electron chi connectivity index (χ3n) is 4.38. The van der Waals surface area contributed by atoms with Gasteiger partial charge in [0.25, 0.3) is 0 Å². The van der Waals surface area contributed by atoms with E-state index in [4.69, 9.17) is 16.3 Å². The number of esters is 1. The zero-order valence-electron chi connectivity index (χ0n) is 12.8. The number of likely N-dealkylation sites (tertiary alicyclic amines) is 1. The normalized spacial score (nSPS) is 23.0. The van der Waals surface area contributed by atoms with Crippen LogP contribution in [0.15, 0.2) is 24.3 Å². The molecule has 1 aliphatic heterocycles. The van der Waals surface area contributed by atoms with E-state index in [1.807, 2.05) is 0 Å². The third-order valence-corrected chi connectivity index (χ3v) is 4.63. The van der Waals surface area contributed by atoms with Crippen LogP contribution in [0.25, 0.3) is 0 Å². The average Bonchev–Trinajstić information content (AvgIpc) is 2.49. The lowest BCUT2D eigenvalue weighted by atomic mass is 9.92. The van der Waals surface area contributed by atoms with E-state index in [9.17, 15) is 4.79 Å². The summed E-state index contributed by atoms with van der Waals surface area (Å²) in [6, 6.07) is 7.39. The minimum atomic E-state index is -0.275. The van der Waals surface area contributed by atoms with Crippen molar-refractivity contribution >= 4 is 17.6 Å². The van der Waals surface area contributed by atoms with E-state index in [1.165, 1.54) is 19.3 Å². The van der Waals surface area contributed by atoms with Crippen molar-refractivity contribution in [2.24, 2.45) is 5.92 Å². The van der Waals surface area contributed by atoms with Gasteiger partial charge < -0.3 is 4.74 Å². The molecular formula is C17H24ClNO2. The minimum Gasteiger partial charge on any atom is -0.461 e. The first-order valence-electron chi connectivity index (χ1n) is 7.77. The molecule has 0 bridgehead atoms. The van der Waals surface area contributed by atoms with Crippen molar-refractivity contribution < 1.29 is 9.53 Å². The Labute approximate surface area is 132 Å². The maximum Gasteiger partial charge on any atom is 0.338 e. The van der Waals surface area contributed by atoms with Gasteiger partial charge in [0.2, 0.25) is 0 Å². The Balaban J connectivity index is 1.78. The molecule has 4 heteroatoms. The molecule has 1 aromatic carbocycles. The van der Waals surface area contributed by atoms with Gasteiger partial charge in [-0.25, -0.2) is 4.79 Å². The molecule has 0 aromatic heterocycles. The van der Waals surface area contributed by atoms with E-state index in [2.05, 4.69) is 18.7 Å². The first-order chi connectivity index (χ1) is 10.1. The Morgan fingerprint density at radius 1 is 1.33 bits per heavy atom. The average molecular weight is 310 g/mol. The van der Waals surface area contributed by atoms with Crippen LogP contribution in [-0.4, -0.2) is 36.6 Å². The molecule has 0 N–H and O–H groups in total. The highest BCUT2D eigenvalue weighted by Gasteiger charge is 2.24. The van der Waals surface area contributed by atoms with Crippen LogP contribution in [0.4, 0.5) is 0 Å². The quantitative estimate of drug-likeness (QED) is 0.770. The van der Waals surface area contributed by atoms with Crippen molar-refractivity contribution in [2.45, 2.75) is 39.2 Å². The fourth-order valence-electron chi connectivity index (χ4n) is 2.83. The van der Waals surface area contributed by atoms with Crippen LogP contribution < -0.4 is 0 Å². The maximum atomic E-state index is 11.9. The predicted molar refractivity (Wildman–Crippen MR) is 85.8 cm³/mol. The van der Waals surface area contributed by atoms with E-state index < -0.39 is 0 Å². The topological polar surface area (TPSA) is 29.5 Å². The number of piperidine rings is 1. The summed E-state index contributed by atoms with van der Waals surface area (Å²) in [6.07, 6.45) is 3.79. The van der Waals surface area contributed by atoms with Crippen LogP contribution >= 0.6 is 11.6 Å². The molecule has 0 aliphatic carbocycles. The Morgan fingerprint density at radius 3 is 2.71 bits per heavy atom. The lowest BCUT2D eigenvalue weighted by Crippen LogP contribution is -2.43. The second-order valence-corrected chi connectivity index (χ2v) is 6.27. The first-order valence-corrected chi connectivity index (χ1v) is 8.14. The molecule has 21 heavy (non-hydrogen) atoms. The molecule has 1 fully saturated rings. The van der Waals surface area contributed by atoms with Gasteiger partial charge >= 0.3 is 5.97 Å². The Hall–Kier alpha value is -1.06. The van der Waals surface area contributed by atoms with Crippen molar-refractivity contribution in [3.63, 3.8) is 0 Å². The number of halogens is 1. The first kappa shape index (κ1) is 16.3. The van der Waals surface area contributed by atoms with Crippen LogP contribution in [0.3, 0.4) is 0 Å². The van der Waals surface area contributed by atoms with Gasteiger partial charge in [0.05, 0.1) is 5.56 Å². The molecule has 1 saturated heterocycles. The fourth-order valence-corrected chi connectivity index (χ4v) is 2.96. The number of nitrogens with zero attached hydrogens (tertiary/aromatic N) is 1. The Bertz CT molecular complexity index is 460. The van der Waals surface area contributed by atoms with Crippen LogP contribution in [0.5, 0.6) is 0 Å². The summed E-state index contributed by atoms with van der Waals surface area (Å²) in [6.45, 7) is 6.89. The van der Waals surface area contributed by atoms with E-state index in [1.54, 1.807) is 24.3 Å². The maximum absolute atomic E-state index is 11.9. The van der Waals surface area contributed by atoms with E-state index in [-0.39, 0.29) is 5.97 Å². The number of hydrogen-bond donors (Lipinski definition) is 0. The molecule has 2 unspecified atom stereocenters. The number of hydrogen-bond acceptors (Lipinski definition) is 3. The predicted octanol–water partition coefficient (Wildman–Crippen LogP) is 4.01. The number of carbonyl (C=O) groups is 1. The zero-order valence-corrected chi connectivity index (χ0v) is 13.6. The smallest absolute Gasteiger partial charge is 0.338 e. The summed E-state index contributed by atoms with van der Waals surface area (Å²) >= 11 is 5.81. The molecule has 116 valence electrons. The molecule has 1 aromatic rings. The highest BCUT2D eigenvalue weighted by Crippen LogP contribution is 2.23. The van der Waals surface area contributed by atoms with Gasteiger partial charge in [0.1, 0.15) is 6.61 Å². The van der Waals surface area contributed by atoms with Gasteiger partial charge in [0, 0.05) is 24.2 Å². The summed E-state index contributed by atoms with van der Waals surface area (Å²) in [5.74, 6) is 0.511. The molecule has 2 rings (SSSR count). The second kappa shape index (κ2) is 7.81. The van der Waals surface area contributed by atoms with Gasteiger partial charge in [-0.2, -0.15) is 0 Å². The van der Waals surface area contributed by atoms with Gasteiger partial charge in [-0.1, -0.05) is 24.9 Å². The second-order valence-electron chi connectivity index (χ2n) is 5.84. The van der Waals surface area contributed by atoms with Crippen molar-refractivity contribution in [2.75, 3.05) is 19.7 Å². The molecular weight excluding hydrogens is 286 g/mol. The highest BCUT2D eigenvalue weighted by molar-refractivity contribution is 6.30. The number of carbonyl (C=O) groups excluding carboxylic acids is 1. The van der Waals surface area contributed by atoms with Crippen LogP contribution in [0.2, 0.25) is 5.02 Å². The summed E-state index contributed by atoms with van der Waals surface area (Å²) in [4.78, 5) is 14.4. The van der Waals surface area contributed by atoms with Crippen molar-refractivity contribution in [1.29, 1.82) is 0 Å². The van der Waals surface area contributed by atoms with Gasteiger partial charge in [-0.3, -0.25) is 4.90 Å². The van der Waals surface area contributed by atoms with Gasteiger partial charge in [-0.05, 0) is 49.9 Å². The number of benzene rings is 1.